The van der Waals surface area contributed by atoms with Crippen LogP contribution in [0.3, 0.4) is 0 Å². The number of carbonyl (C=O) groups excluding carboxylic acids is 1. The van der Waals surface area contributed by atoms with Gasteiger partial charge in [-0.2, -0.15) is 0 Å². The van der Waals surface area contributed by atoms with Crippen LogP contribution in [-0.2, 0) is 9.59 Å². The Morgan fingerprint density at radius 3 is 2.86 bits per heavy atom. The zero-order valence-corrected chi connectivity index (χ0v) is 13.2. The van der Waals surface area contributed by atoms with E-state index in [1.165, 1.54) is 23.1 Å². The predicted molar refractivity (Wildman–Crippen MR) is 84.8 cm³/mol. The molecule has 0 aliphatic heterocycles. The molecule has 0 saturated heterocycles. The first-order valence-electron chi connectivity index (χ1n) is 6.58. The van der Waals surface area contributed by atoms with Crippen LogP contribution in [-0.4, -0.2) is 34.3 Å². The number of aromatic nitrogens is 1. The molecule has 1 aromatic heterocycles. The fourth-order valence-electron chi connectivity index (χ4n) is 1.80. The highest BCUT2D eigenvalue weighted by Gasteiger charge is 2.22. The number of amides is 1. The first-order chi connectivity index (χ1) is 10.1. The van der Waals surface area contributed by atoms with E-state index in [9.17, 15) is 14.7 Å². The van der Waals surface area contributed by atoms with Crippen molar-refractivity contribution in [1.29, 1.82) is 0 Å². The molecular formula is C14H16N2O3S2. The summed E-state index contributed by atoms with van der Waals surface area (Å²) in [6.07, 6.45) is 0.00106. The van der Waals surface area contributed by atoms with Crippen molar-refractivity contribution in [2.24, 2.45) is 5.92 Å². The Labute approximate surface area is 130 Å². The van der Waals surface area contributed by atoms with Crippen molar-refractivity contribution in [1.82, 2.24) is 10.3 Å². The van der Waals surface area contributed by atoms with Gasteiger partial charge in [0.2, 0.25) is 5.91 Å². The van der Waals surface area contributed by atoms with Gasteiger partial charge >= 0.3 is 5.97 Å². The minimum absolute atomic E-state index is 0.00106. The fraction of sp³-hybridized carbons (Fsp3) is 0.357. The highest BCUT2D eigenvalue weighted by molar-refractivity contribution is 8.01. The number of carboxylic acid groups (broad SMARTS) is 1. The molecule has 21 heavy (non-hydrogen) atoms. The van der Waals surface area contributed by atoms with Crippen LogP contribution in [0.1, 0.15) is 13.3 Å². The minimum Gasteiger partial charge on any atom is -0.481 e. The van der Waals surface area contributed by atoms with Crippen LogP contribution in [0.15, 0.2) is 28.6 Å². The highest BCUT2D eigenvalue weighted by atomic mass is 32.2. The Hall–Kier alpha value is -1.60. The maximum Gasteiger partial charge on any atom is 0.307 e. The van der Waals surface area contributed by atoms with Crippen molar-refractivity contribution in [3.05, 3.63) is 24.3 Å². The van der Waals surface area contributed by atoms with Crippen molar-refractivity contribution in [3.63, 3.8) is 0 Å². The number of nitrogens with one attached hydrogen (secondary N) is 1. The van der Waals surface area contributed by atoms with E-state index < -0.39 is 11.9 Å². The van der Waals surface area contributed by atoms with Gasteiger partial charge in [-0.05, 0) is 19.1 Å². The summed E-state index contributed by atoms with van der Waals surface area (Å²) in [6.45, 7) is 2.32. The average Bonchev–Trinajstić information content (AvgIpc) is 2.86. The summed E-state index contributed by atoms with van der Waals surface area (Å²) >= 11 is 2.93. The van der Waals surface area contributed by atoms with E-state index >= 15 is 0 Å². The third kappa shape index (κ3) is 4.44. The molecule has 0 radical (unpaired) electrons. The van der Waals surface area contributed by atoms with E-state index in [1.807, 2.05) is 31.2 Å². The Bertz CT molecular complexity index is 609. The molecule has 112 valence electrons. The number of rotatable bonds is 7. The van der Waals surface area contributed by atoms with Crippen LogP contribution < -0.4 is 5.32 Å². The second-order valence-corrected chi connectivity index (χ2v) is 6.75. The van der Waals surface area contributed by atoms with Gasteiger partial charge in [-0.1, -0.05) is 23.9 Å². The molecule has 1 unspecified atom stereocenters. The van der Waals surface area contributed by atoms with E-state index in [0.29, 0.717) is 12.3 Å². The number of fused-ring (bicyclic) bond motifs is 1. The molecule has 2 N–H and O–H groups in total. The van der Waals surface area contributed by atoms with Crippen molar-refractivity contribution >= 4 is 45.2 Å². The standard InChI is InChI=1S/C14H16N2O3S2/c1-2-15-12(17)7-9(13(18)19)8-20-14-16-10-5-3-4-6-11(10)21-14/h3-6,9H,2,7-8H2,1H3,(H,15,17)(H,18,19). The summed E-state index contributed by atoms with van der Waals surface area (Å²) in [5.74, 6) is -1.54. The average molecular weight is 324 g/mol. The summed E-state index contributed by atoms with van der Waals surface area (Å²) in [4.78, 5) is 27.2. The van der Waals surface area contributed by atoms with Gasteiger partial charge in [-0.25, -0.2) is 4.98 Å². The van der Waals surface area contributed by atoms with Crippen molar-refractivity contribution in [2.45, 2.75) is 17.7 Å². The third-order valence-electron chi connectivity index (χ3n) is 2.84. The lowest BCUT2D eigenvalue weighted by molar-refractivity contribution is -0.143. The van der Waals surface area contributed by atoms with Crippen molar-refractivity contribution in [2.75, 3.05) is 12.3 Å². The SMILES string of the molecule is CCNC(=O)CC(CSc1nc2ccccc2s1)C(=O)O. The summed E-state index contributed by atoms with van der Waals surface area (Å²) in [5.41, 5.74) is 0.917. The lowest BCUT2D eigenvalue weighted by Gasteiger charge is -2.10. The smallest absolute Gasteiger partial charge is 0.307 e. The maximum absolute atomic E-state index is 11.5. The minimum atomic E-state index is -0.949. The van der Waals surface area contributed by atoms with E-state index in [2.05, 4.69) is 10.3 Å². The molecule has 0 aliphatic rings. The Balaban J connectivity index is 1.97. The number of carboxylic acids is 1. The molecule has 0 aliphatic carbocycles. The number of aliphatic carboxylic acids is 1. The highest BCUT2D eigenvalue weighted by Crippen LogP contribution is 2.30. The van der Waals surface area contributed by atoms with Gasteiger partial charge in [0.1, 0.15) is 0 Å². The van der Waals surface area contributed by atoms with Crippen LogP contribution in [0.25, 0.3) is 10.2 Å². The summed E-state index contributed by atoms with van der Waals surface area (Å²) < 4.78 is 1.91. The number of hydrogen-bond acceptors (Lipinski definition) is 5. The fourth-order valence-corrected chi connectivity index (χ4v) is 3.97. The number of benzene rings is 1. The number of hydrogen-bond donors (Lipinski definition) is 2. The molecule has 7 heteroatoms. The molecule has 1 aromatic carbocycles. The van der Waals surface area contributed by atoms with Crippen LogP contribution >= 0.6 is 23.1 Å². The van der Waals surface area contributed by atoms with Gasteiger partial charge in [0.15, 0.2) is 4.34 Å². The summed E-state index contributed by atoms with van der Waals surface area (Å²) in [7, 11) is 0. The quantitative estimate of drug-likeness (QED) is 0.765. The Morgan fingerprint density at radius 2 is 2.19 bits per heavy atom. The second kappa shape index (κ2) is 7.42. The molecule has 0 bridgehead atoms. The molecule has 0 fully saturated rings. The first-order valence-corrected chi connectivity index (χ1v) is 8.38. The third-order valence-corrected chi connectivity index (χ3v) is 5.18. The molecule has 0 spiro atoms. The molecule has 1 atom stereocenters. The van der Waals surface area contributed by atoms with Gasteiger partial charge in [0.05, 0.1) is 16.1 Å². The lowest BCUT2D eigenvalue weighted by Crippen LogP contribution is -2.29. The lowest BCUT2D eigenvalue weighted by atomic mass is 10.1. The maximum atomic E-state index is 11.5. The first kappa shape index (κ1) is 15.8. The van der Waals surface area contributed by atoms with Crippen LogP contribution in [0, 0.1) is 5.92 Å². The number of para-hydroxylation sites is 1. The van der Waals surface area contributed by atoms with Gasteiger partial charge in [-0.3, -0.25) is 9.59 Å². The van der Waals surface area contributed by atoms with Crippen molar-refractivity contribution < 1.29 is 14.7 Å². The van der Waals surface area contributed by atoms with E-state index in [-0.39, 0.29) is 12.3 Å². The van der Waals surface area contributed by atoms with Crippen LogP contribution in [0.5, 0.6) is 0 Å². The number of thiazole rings is 1. The number of thioether (sulfide) groups is 1. The van der Waals surface area contributed by atoms with Crippen LogP contribution in [0.2, 0.25) is 0 Å². The molecule has 0 saturated carbocycles. The Morgan fingerprint density at radius 1 is 1.43 bits per heavy atom. The normalized spacial score (nSPS) is 12.2. The summed E-state index contributed by atoms with van der Waals surface area (Å²) in [6, 6.07) is 7.79. The van der Waals surface area contributed by atoms with Crippen LogP contribution in [0.4, 0.5) is 0 Å². The molecular weight excluding hydrogens is 308 g/mol. The Kier molecular flexibility index (Phi) is 5.58. The van der Waals surface area contributed by atoms with Gasteiger partial charge in [0, 0.05) is 18.7 Å². The van der Waals surface area contributed by atoms with Crippen molar-refractivity contribution in [3.8, 4) is 0 Å². The van der Waals surface area contributed by atoms with E-state index in [4.69, 9.17) is 0 Å². The topological polar surface area (TPSA) is 79.3 Å². The molecule has 2 rings (SSSR count). The predicted octanol–water partition coefficient (Wildman–Crippen LogP) is 2.62. The van der Waals surface area contributed by atoms with E-state index in [1.54, 1.807) is 0 Å². The monoisotopic (exact) mass is 324 g/mol. The van der Waals surface area contributed by atoms with E-state index in [0.717, 1.165) is 14.6 Å². The number of nitrogens with zero attached hydrogens (tertiary/aromatic N) is 1. The summed E-state index contributed by atoms with van der Waals surface area (Å²) in [5, 5.41) is 11.8. The van der Waals surface area contributed by atoms with Gasteiger partial charge in [0.25, 0.3) is 0 Å². The van der Waals surface area contributed by atoms with Gasteiger partial charge in [-0.15, -0.1) is 11.3 Å². The van der Waals surface area contributed by atoms with Gasteiger partial charge < -0.3 is 10.4 Å². The molecule has 5 nitrogen and oxygen atoms in total. The zero-order valence-electron chi connectivity index (χ0n) is 11.5. The number of carbonyl (C=O) groups is 2. The zero-order chi connectivity index (χ0) is 15.2. The largest absolute Gasteiger partial charge is 0.481 e. The molecule has 2 aromatic rings. The second-order valence-electron chi connectivity index (χ2n) is 4.45. The molecule has 1 heterocycles. The molecule has 1 amide bonds.